The summed E-state index contributed by atoms with van der Waals surface area (Å²) in [5, 5.41) is 14.6. The Labute approximate surface area is 152 Å². The van der Waals surface area contributed by atoms with E-state index in [9.17, 15) is 14.9 Å². The highest BCUT2D eigenvalue weighted by Crippen LogP contribution is 2.31. The second kappa shape index (κ2) is 7.82. The molecule has 134 valence electrons. The highest BCUT2D eigenvalue weighted by Gasteiger charge is 2.26. The van der Waals surface area contributed by atoms with Crippen molar-refractivity contribution in [3.63, 3.8) is 0 Å². The Hall–Kier alpha value is -3.15. The van der Waals surface area contributed by atoms with Gasteiger partial charge in [0.15, 0.2) is 0 Å². The zero-order chi connectivity index (χ0) is 18.5. The Morgan fingerprint density at radius 1 is 1.27 bits per heavy atom. The summed E-state index contributed by atoms with van der Waals surface area (Å²) in [7, 11) is 0. The molecule has 0 aromatic heterocycles. The Bertz CT molecular complexity index is 816. The summed E-state index contributed by atoms with van der Waals surface area (Å²) in [5.41, 5.74) is 1.69. The lowest BCUT2D eigenvalue weighted by Gasteiger charge is -2.21. The molecule has 3 rings (SSSR count). The predicted molar refractivity (Wildman–Crippen MR) is 101 cm³/mol. The first-order chi connectivity index (χ1) is 12.6. The maximum Gasteiger partial charge on any atom is 0.293 e. The molecule has 1 aliphatic carbocycles. The summed E-state index contributed by atoms with van der Waals surface area (Å²) in [6, 6.07) is 14.5. The van der Waals surface area contributed by atoms with Crippen LogP contribution in [0.15, 0.2) is 61.2 Å². The predicted octanol–water partition coefficient (Wildman–Crippen LogP) is 4.00. The zero-order valence-electron chi connectivity index (χ0n) is 14.4. The maximum atomic E-state index is 12.9. The first-order valence-corrected chi connectivity index (χ1v) is 8.57. The molecule has 1 N–H and O–H groups in total. The fourth-order valence-electron chi connectivity index (χ4n) is 2.75. The summed E-state index contributed by atoms with van der Waals surface area (Å²) in [4.78, 5) is 25.5. The van der Waals surface area contributed by atoms with E-state index in [4.69, 9.17) is 0 Å². The Morgan fingerprint density at radius 2 is 2.00 bits per heavy atom. The van der Waals surface area contributed by atoms with Gasteiger partial charge in [-0.1, -0.05) is 36.4 Å². The van der Waals surface area contributed by atoms with Crippen molar-refractivity contribution in [3.05, 3.63) is 82.4 Å². The molecule has 1 amide bonds. The molecule has 0 bridgehead atoms. The van der Waals surface area contributed by atoms with Crippen LogP contribution in [0.5, 0.6) is 0 Å². The normalized spacial score (nSPS) is 13.1. The van der Waals surface area contributed by atoms with E-state index in [-0.39, 0.29) is 11.6 Å². The van der Waals surface area contributed by atoms with Gasteiger partial charge in [-0.3, -0.25) is 14.9 Å². The fourth-order valence-corrected chi connectivity index (χ4v) is 2.75. The molecule has 0 aliphatic heterocycles. The molecule has 26 heavy (non-hydrogen) atoms. The van der Waals surface area contributed by atoms with Crippen molar-refractivity contribution in [2.75, 3.05) is 11.9 Å². The fraction of sp³-hybridized carbons (Fsp3) is 0.250. The average Bonchev–Trinajstić information content (AvgIpc) is 3.46. The molecule has 0 spiro atoms. The van der Waals surface area contributed by atoms with Gasteiger partial charge in [-0.05, 0) is 30.5 Å². The molecule has 1 aliphatic rings. The smallest absolute Gasteiger partial charge is 0.293 e. The van der Waals surface area contributed by atoms with E-state index >= 15 is 0 Å². The molecule has 0 saturated heterocycles. The van der Waals surface area contributed by atoms with Gasteiger partial charge in [0.25, 0.3) is 11.6 Å². The number of nitro groups is 1. The standard InChI is InChI=1S/C20H21N3O3/c1-2-12-22(14-15-6-4-3-5-7-15)20(24)16-8-11-18(21-17-9-10-17)19(13-16)23(25)26/h2-8,11,13,17,21H,1,9-10,12,14H2. The van der Waals surface area contributed by atoms with Gasteiger partial charge in [-0.15, -0.1) is 6.58 Å². The number of hydrogen-bond donors (Lipinski definition) is 1. The van der Waals surface area contributed by atoms with Crippen LogP contribution >= 0.6 is 0 Å². The van der Waals surface area contributed by atoms with Crippen molar-refractivity contribution in [2.45, 2.75) is 25.4 Å². The minimum absolute atomic E-state index is 0.0685. The van der Waals surface area contributed by atoms with Crippen LogP contribution in [0.1, 0.15) is 28.8 Å². The monoisotopic (exact) mass is 351 g/mol. The molecule has 1 saturated carbocycles. The van der Waals surface area contributed by atoms with Gasteiger partial charge < -0.3 is 10.2 Å². The molecule has 2 aromatic carbocycles. The largest absolute Gasteiger partial charge is 0.377 e. The number of nitrogens with zero attached hydrogens (tertiary/aromatic N) is 2. The molecule has 6 nitrogen and oxygen atoms in total. The minimum Gasteiger partial charge on any atom is -0.377 e. The quantitative estimate of drug-likeness (QED) is 0.443. The van der Waals surface area contributed by atoms with Crippen molar-refractivity contribution >= 4 is 17.3 Å². The number of anilines is 1. The lowest BCUT2D eigenvalue weighted by Crippen LogP contribution is -2.30. The van der Waals surface area contributed by atoms with E-state index in [0.717, 1.165) is 18.4 Å². The van der Waals surface area contributed by atoms with Crippen LogP contribution in [-0.2, 0) is 6.54 Å². The summed E-state index contributed by atoms with van der Waals surface area (Å²) >= 11 is 0. The van der Waals surface area contributed by atoms with Crippen LogP contribution in [-0.4, -0.2) is 28.3 Å². The molecule has 0 unspecified atom stereocenters. The molecule has 6 heteroatoms. The molecule has 0 radical (unpaired) electrons. The number of carbonyl (C=O) groups is 1. The first-order valence-electron chi connectivity index (χ1n) is 8.57. The number of amides is 1. The number of benzene rings is 2. The lowest BCUT2D eigenvalue weighted by atomic mass is 10.1. The lowest BCUT2D eigenvalue weighted by molar-refractivity contribution is -0.384. The van der Waals surface area contributed by atoms with Crippen LogP contribution in [0, 0.1) is 10.1 Å². The van der Waals surface area contributed by atoms with Crippen LogP contribution in [0.25, 0.3) is 0 Å². The molecule has 0 atom stereocenters. The molecule has 2 aromatic rings. The van der Waals surface area contributed by atoms with Crippen LogP contribution in [0.2, 0.25) is 0 Å². The van der Waals surface area contributed by atoms with E-state index in [0.29, 0.717) is 30.4 Å². The van der Waals surface area contributed by atoms with Crippen molar-refractivity contribution in [1.29, 1.82) is 0 Å². The van der Waals surface area contributed by atoms with Gasteiger partial charge in [0.05, 0.1) is 4.92 Å². The minimum atomic E-state index is -0.448. The summed E-state index contributed by atoms with van der Waals surface area (Å²) in [6.07, 6.45) is 3.68. The average molecular weight is 351 g/mol. The van der Waals surface area contributed by atoms with Crippen LogP contribution in [0.3, 0.4) is 0 Å². The van der Waals surface area contributed by atoms with E-state index in [1.165, 1.54) is 6.07 Å². The topological polar surface area (TPSA) is 75.5 Å². The maximum absolute atomic E-state index is 12.9. The van der Waals surface area contributed by atoms with E-state index in [2.05, 4.69) is 11.9 Å². The number of nitro benzene ring substituents is 1. The van der Waals surface area contributed by atoms with E-state index in [1.807, 2.05) is 30.3 Å². The van der Waals surface area contributed by atoms with Gasteiger partial charge in [-0.2, -0.15) is 0 Å². The SMILES string of the molecule is C=CCN(Cc1ccccc1)C(=O)c1ccc(NC2CC2)c([N+](=O)[O-])c1. The van der Waals surface area contributed by atoms with Crippen molar-refractivity contribution in [3.8, 4) is 0 Å². The van der Waals surface area contributed by atoms with Gasteiger partial charge >= 0.3 is 0 Å². The number of hydrogen-bond acceptors (Lipinski definition) is 4. The summed E-state index contributed by atoms with van der Waals surface area (Å²) in [6.45, 7) is 4.49. The third kappa shape index (κ3) is 4.27. The third-order valence-corrected chi connectivity index (χ3v) is 4.23. The third-order valence-electron chi connectivity index (χ3n) is 4.23. The molecule has 1 fully saturated rings. The van der Waals surface area contributed by atoms with Crippen molar-refractivity contribution in [2.24, 2.45) is 0 Å². The van der Waals surface area contributed by atoms with Crippen molar-refractivity contribution in [1.82, 2.24) is 4.90 Å². The number of carbonyl (C=O) groups excluding carboxylic acids is 1. The number of nitrogens with one attached hydrogen (secondary N) is 1. The Morgan fingerprint density at radius 3 is 2.62 bits per heavy atom. The second-order valence-corrected chi connectivity index (χ2v) is 6.37. The highest BCUT2D eigenvalue weighted by atomic mass is 16.6. The first kappa shape index (κ1) is 17.7. The van der Waals surface area contributed by atoms with E-state index in [1.54, 1.807) is 23.1 Å². The second-order valence-electron chi connectivity index (χ2n) is 6.37. The summed E-state index contributed by atoms with van der Waals surface area (Å²) < 4.78 is 0. The number of rotatable bonds is 8. The van der Waals surface area contributed by atoms with Gasteiger partial charge in [0, 0.05) is 30.8 Å². The van der Waals surface area contributed by atoms with Crippen LogP contribution in [0.4, 0.5) is 11.4 Å². The molecular formula is C20H21N3O3. The summed E-state index contributed by atoms with van der Waals surface area (Å²) in [5.74, 6) is -0.255. The van der Waals surface area contributed by atoms with Crippen LogP contribution < -0.4 is 5.32 Å². The Balaban J connectivity index is 1.84. The van der Waals surface area contributed by atoms with Crippen molar-refractivity contribution < 1.29 is 9.72 Å². The molecular weight excluding hydrogens is 330 g/mol. The van der Waals surface area contributed by atoms with Gasteiger partial charge in [0.2, 0.25) is 0 Å². The van der Waals surface area contributed by atoms with Gasteiger partial charge in [0.1, 0.15) is 5.69 Å². The van der Waals surface area contributed by atoms with E-state index < -0.39 is 4.92 Å². The Kier molecular flexibility index (Phi) is 5.31. The highest BCUT2D eigenvalue weighted by molar-refractivity contribution is 5.95. The molecule has 0 heterocycles. The zero-order valence-corrected chi connectivity index (χ0v) is 14.4. The van der Waals surface area contributed by atoms with Gasteiger partial charge in [-0.25, -0.2) is 0 Å².